The van der Waals surface area contributed by atoms with Gasteiger partial charge < -0.3 is 19.2 Å². The molecule has 2 aromatic carbocycles. The third-order valence-corrected chi connectivity index (χ3v) is 3.44. The molecule has 0 bridgehead atoms. The standard InChI is InChI=1S/C20H17NO5/c22-19(14-26-20(23)18-7-4-12-24-18)21-16-8-10-17(11-9-16)25-13-15-5-2-1-3-6-15/h1-12H,13-14H2,(H,21,22). The number of hydrogen-bond acceptors (Lipinski definition) is 5. The number of nitrogens with one attached hydrogen (secondary N) is 1. The molecule has 6 heteroatoms. The van der Waals surface area contributed by atoms with Crippen LogP contribution in [0.3, 0.4) is 0 Å². The van der Waals surface area contributed by atoms with Gasteiger partial charge in [-0.1, -0.05) is 30.3 Å². The highest BCUT2D eigenvalue weighted by Crippen LogP contribution is 2.17. The number of carbonyl (C=O) groups excluding carboxylic acids is 2. The predicted octanol–water partition coefficient (Wildman–Crippen LogP) is 3.65. The second-order valence-electron chi connectivity index (χ2n) is 5.40. The maximum atomic E-state index is 11.8. The van der Waals surface area contributed by atoms with E-state index in [1.165, 1.54) is 12.3 Å². The van der Waals surface area contributed by atoms with Gasteiger partial charge in [-0.3, -0.25) is 4.79 Å². The molecule has 0 atom stereocenters. The molecule has 0 unspecified atom stereocenters. The van der Waals surface area contributed by atoms with Crippen molar-refractivity contribution in [3.05, 3.63) is 84.3 Å². The summed E-state index contributed by atoms with van der Waals surface area (Å²) in [6, 6.07) is 19.8. The zero-order valence-corrected chi connectivity index (χ0v) is 13.9. The molecule has 0 aliphatic heterocycles. The highest BCUT2D eigenvalue weighted by atomic mass is 16.5. The van der Waals surface area contributed by atoms with Gasteiger partial charge in [-0.25, -0.2) is 4.79 Å². The lowest BCUT2D eigenvalue weighted by Crippen LogP contribution is -2.20. The Hall–Kier alpha value is -3.54. The maximum Gasteiger partial charge on any atom is 0.374 e. The minimum absolute atomic E-state index is 0.0534. The number of esters is 1. The molecular weight excluding hydrogens is 334 g/mol. The molecule has 0 radical (unpaired) electrons. The van der Waals surface area contributed by atoms with Crippen molar-refractivity contribution in [2.45, 2.75) is 6.61 Å². The van der Waals surface area contributed by atoms with Crippen LogP contribution in [0, 0.1) is 0 Å². The van der Waals surface area contributed by atoms with Crippen molar-refractivity contribution in [3.63, 3.8) is 0 Å². The van der Waals surface area contributed by atoms with Gasteiger partial charge in [0.05, 0.1) is 6.26 Å². The first-order valence-electron chi connectivity index (χ1n) is 7.98. The SMILES string of the molecule is O=C(COC(=O)c1ccco1)Nc1ccc(OCc2ccccc2)cc1. The molecule has 26 heavy (non-hydrogen) atoms. The third kappa shape index (κ3) is 4.98. The van der Waals surface area contributed by atoms with Crippen molar-refractivity contribution in [1.29, 1.82) is 0 Å². The van der Waals surface area contributed by atoms with Crippen LogP contribution >= 0.6 is 0 Å². The molecule has 0 spiro atoms. The maximum absolute atomic E-state index is 11.8. The minimum Gasteiger partial charge on any atom is -0.489 e. The van der Waals surface area contributed by atoms with E-state index < -0.39 is 18.5 Å². The fourth-order valence-corrected chi connectivity index (χ4v) is 2.17. The summed E-state index contributed by atoms with van der Waals surface area (Å²) in [6.45, 7) is 0.0705. The lowest BCUT2D eigenvalue weighted by atomic mass is 10.2. The van der Waals surface area contributed by atoms with E-state index in [9.17, 15) is 9.59 Å². The van der Waals surface area contributed by atoms with Crippen molar-refractivity contribution < 1.29 is 23.5 Å². The smallest absolute Gasteiger partial charge is 0.374 e. The fraction of sp³-hybridized carbons (Fsp3) is 0.100. The van der Waals surface area contributed by atoms with Crippen LogP contribution in [-0.4, -0.2) is 18.5 Å². The van der Waals surface area contributed by atoms with Crippen LogP contribution in [0.2, 0.25) is 0 Å². The second-order valence-corrected chi connectivity index (χ2v) is 5.40. The molecule has 1 aromatic heterocycles. The monoisotopic (exact) mass is 351 g/mol. The Kier molecular flexibility index (Phi) is 5.67. The highest BCUT2D eigenvalue weighted by molar-refractivity contribution is 5.94. The van der Waals surface area contributed by atoms with E-state index in [-0.39, 0.29) is 5.76 Å². The average molecular weight is 351 g/mol. The van der Waals surface area contributed by atoms with Crippen LogP contribution < -0.4 is 10.1 Å². The minimum atomic E-state index is -0.685. The molecule has 1 amide bonds. The zero-order valence-electron chi connectivity index (χ0n) is 13.9. The fourth-order valence-electron chi connectivity index (χ4n) is 2.17. The number of ether oxygens (including phenoxy) is 2. The molecule has 0 saturated carbocycles. The van der Waals surface area contributed by atoms with Crippen LogP contribution in [0.15, 0.2) is 77.4 Å². The van der Waals surface area contributed by atoms with Crippen LogP contribution in [0.25, 0.3) is 0 Å². The summed E-state index contributed by atoms with van der Waals surface area (Å²) in [5.41, 5.74) is 1.65. The van der Waals surface area contributed by atoms with E-state index in [0.717, 1.165) is 5.56 Å². The van der Waals surface area contributed by atoms with E-state index >= 15 is 0 Å². The van der Waals surface area contributed by atoms with E-state index in [4.69, 9.17) is 13.9 Å². The Morgan fingerprint density at radius 2 is 1.69 bits per heavy atom. The normalized spacial score (nSPS) is 10.2. The summed E-state index contributed by atoms with van der Waals surface area (Å²) in [7, 11) is 0. The van der Waals surface area contributed by atoms with Crippen molar-refractivity contribution in [3.8, 4) is 5.75 Å². The Morgan fingerprint density at radius 3 is 2.38 bits per heavy atom. The first kappa shape index (κ1) is 17.3. The van der Waals surface area contributed by atoms with Gasteiger partial charge in [-0.05, 0) is 42.0 Å². The number of carbonyl (C=O) groups is 2. The number of amides is 1. The summed E-state index contributed by atoms with van der Waals surface area (Å²) < 4.78 is 15.4. The lowest BCUT2D eigenvalue weighted by molar-refractivity contribution is -0.119. The van der Waals surface area contributed by atoms with Crippen molar-refractivity contribution in [1.82, 2.24) is 0 Å². The third-order valence-electron chi connectivity index (χ3n) is 3.44. The Labute approximate surface area is 150 Å². The summed E-state index contributed by atoms with van der Waals surface area (Å²) in [5, 5.41) is 2.64. The molecule has 6 nitrogen and oxygen atoms in total. The van der Waals surface area contributed by atoms with Crippen molar-refractivity contribution in [2.24, 2.45) is 0 Å². The number of furan rings is 1. The van der Waals surface area contributed by atoms with Crippen LogP contribution in [0.5, 0.6) is 5.75 Å². The molecule has 0 fully saturated rings. The average Bonchev–Trinajstić information content (AvgIpc) is 3.21. The molecule has 0 saturated heterocycles. The van der Waals surface area contributed by atoms with Crippen LogP contribution in [0.4, 0.5) is 5.69 Å². The van der Waals surface area contributed by atoms with Gasteiger partial charge in [0.25, 0.3) is 5.91 Å². The van der Waals surface area contributed by atoms with Crippen LogP contribution in [0.1, 0.15) is 16.1 Å². The number of benzene rings is 2. The molecule has 1 N–H and O–H groups in total. The van der Waals surface area contributed by atoms with Gasteiger partial charge in [0.15, 0.2) is 6.61 Å². The van der Waals surface area contributed by atoms with E-state index in [2.05, 4.69) is 5.32 Å². The zero-order chi connectivity index (χ0) is 18.2. The lowest BCUT2D eigenvalue weighted by Gasteiger charge is -2.08. The van der Waals surface area contributed by atoms with E-state index in [1.807, 2.05) is 30.3 Å². The van der Waals surface area contributed by atoms with Gasteiger partial charge in [-0.2, -0.15) is 0 Å². The summed E-state index contributed by atoms with van der Waals surface area (Å²) in [5.74, 6) is -0.383. The van der Waals surface area contributed by atoms with E-state index in [1.54, 1.807) is 30.3 Å². The van der Waals surface area contributed by atoms with Gasteiger partial charge in [-0.15, -0.1) is 0 Å². The van der Waals surface area contributed by atoms with Gasteiger partial charge in [0.2, 0.25) is 5.76 Å². The summed E-state index contributed by atoms with van der Waals surface area (Å²) in [4.78, 5) is 23.4. The van der Waals surface area contributed by atoms with Gasteiger partial charge in [0, 0.05) is 5.69 Å². The number of hydrogen-bond donors (Lipinski definition) is 1. The Bertz CT molecular complexity index is 842. The topological polar surface area (TPSA) is 77.8 Å². The summed E-state index contributed by atoms with van der Waals surface area (Å²) in [6.07, 6.45) is 1.36. The largest absolute Gasteiger partial charge is 0.489 e. The predicted molar refractivity (Wildman–Crippen MR) is 94.8 cm³/mol. The first-order valence-corrected chi connectivity index (χ1v) is 7.98. The van der Waals surface area contributed by atoms with Crippen molar-refractivity contribution in [2.75, 3.05) is 11.9 Å². The van der Waals surface area contributed by atoms with Crippen molar-refractivity contribution >= 4 is 17.6 Å². The van der Waals surface area contributed by atoms with E-state index in [0.29, 0.717) is 18.0 Å². The molecular formula is C20H17NO5. The second kappa shape index (κ2) is 8.53. The van der Waals surface area contributed by atoms with Crippen LogP contribution in [-0.2, 0) is 16.1 Å². The number of rotatable bonds is 7. The molecule has 3 rings (SSSR count). The molecule has 0 aliphatic rings. The van der Waals surface area contributed by atoms with Gasteiger partial charge >= 0.3 is 5.97 Å². The highest BCUT2D eigenvalue weighted by Gasteiger charge is 2.12. The first-order chi connectivity index (χ1) is 12.7. The Balaban J connectivity index is 1.44. The Morgan fingerprint density at radius 1 is 0.923 bits per heavy atom. The summed E-state index contributed by atoms with van der Waals surface area (Å²) >= 11 is 0. The molecule has 1 heterocycles. The molecule has 3 aromatic rings. The quantitative estimate of drug-likeness (QED) is 0.657. The van der Waals surface area contributed by atoms with Gasteiger partial charge in [0.1, 0.15) is 12.4 Å². The molecule has 132 valence electrons. The number of anilines is 1. The molecule has 0 aliphatic carbocycles.